The van der Waals surface area contributed by atoms with Gasteiger partial charge in [0.25, 0.3) is 0 Å². The summed E-state index contributed by atoms with van der Waals surface area (Å²) in [6, 6.07) is 8.45. The Labute approximate surface area is 145 Å². The molecule has 0 radical (unpaired) electrons. The van der Waals surface area contributed by atoms with Crippen molar-refractivity contribution in [1.29, 1.82) is 0 Å². The van der Waals surface area contributed by atoms with Crippen LogP contribution in [0.25, 0.3) is 0 Å². The van der Waals surface area contributed by atoms with Gasteiger partial charge in [0.15, 0.2) is 0 Å². The molecular weight excluding hydrogens is 322 g/mol. The summed E-state index contributed by atoms with van der Waals surface area (Å²) in [5.41, 5.74) is -0.169. The van der Waals surface area contributed by atoms with E-state index in [-0.39, 0.29) is 17.7 Å². The van der Waals surface area contributed by atoms with E-state index in [9.17, 15) is 8.42 Å². The first-order chi connectivity index (χ1) is 11.5. The predicted octanol–water partition coefficient (Wildman–Crippen LogP) is 3.79. The minimum absolute atomic E-state index is 0.00697. The van der Waals surface area contributed by atoms with Gasteiger partial charge in [0.2, 0.25) is 10.0 Å². The summed E-state index contributed by atoms with van der Waals surface area (Å²) in [6.45, 7) is 2.19. The van der Waals surface area contributed by atoms with Crippen molar-refractivity contribution in [1.82, 2.24) is 4.72 Å². The molecule has 3 atom stereocenters. The molecule has 4 nitrogen and oxygen atoms in total. The van der Waals surface area contributed by atoms with Crippen LogP contribution in [0.4, 0.5) is 0 Å². The third-order valence-electron chi connectivity index (χ3n) is 5.07. The fourth-order valence-corrected chi connectivity index (χ4v) is 5.05. The highest BCUT2D eigenvalue weighted by Gasteiger charge is 2.52. The van der Waals surface area contributed by atoms with Crippen LogP contribution in [0.2, 0.25) is 0 Å². The first-order valence-electron chi connectivity index (χ1n) is 8.95. The van der Waals surface area contributed by atoms with E-state index in [1.54, 1.807) is 24.3 Å². The van der Waals surface area contributed by atoms with Gasteiger partial charge in [-0.1, -0.05) is 50.1 Å². The lowest BCUT2D eigenvalue weighted by atomic mass is 9.83. The summed E-state index contributed by atoms with van der Waals surface area (Å²) in [5, 5.41) is 0. The van der Waals surface area contributed by atoms with Crippen molar-refractivity contribution in [3.63, 3.8) is 0 Å². The van der Waals surface area contributed by atoms with Crippen molar-refractivity contribution >= 4 is 10.0 Å². The van der Waals surface area contributed by atoms with Crippen LogP contribution >= 0.6 is 0 Å². The van der Waals surface area contributed by atoms with Gasteiger partial charge in [-0.15, -0.1) is 0 Å². The zero-order chi connectivity index (χ0) is 17.0. The van der Waals surface area contributed by atoms with E-state index in [1.165, 1.54) is 12.8 Å². The monoisotopic (exact) mass is 349 g/mol. The normalized spacial score (nSPS) is 29.5. The molecule has 2 saturated heterocycles. The number of nitrogens with one attached hydrogen (secondary N) is 1. The van der Waals surface area contributed by atoms with Gasteiger partial charge >= 0.3 is 0 Å². The Balaban J connectivity index is 1.61. The Hall–Kier alpha value is -1.17. The summed E-state index contributed by atoms with van der Waals surface area (Å²) < 4.78 is 34.1. The Morgan fingerprint density at radius 3 is 2.83 bits per heavy atom. The van der Waals surface area contributed by atoms with Crippen LogP contribution in [0.15, 0.2) is 47.4 Å². The molecule has 24 heavy (non-hydrogen) atoms. The summed E-state index contributed by atoms with van der Waals surface area (Å²) in [7, 11) is -3.47. The number of ether oxygens (including phenoxy) is 1. The molecule has 0 saturated carbocycles. The lowest BCUT2D eigenvalue weighted by molar-refractivity contribution is 0.0145. The molecule has 2 fully saturated rings. The van der Waals surface area contributed by atoms with Crippen LogP contribution in [0.3, 0.4) is 0 Å². The first kappa shape index (κ1) is 17.6. The average molecular weight is 349 g/mol. The summed E-state index contributed by atoms with van der Waals surface area (Å²) >= 11 is 0. The molecule has 0 aromatic heterocycles. The van der Waals surface area contributed by atoms with Gasteiger partial charge in [0.05, 0.1) is 22.6 Å². The summed E-state index contributed by atoms with van der Waals surface area (Å²) in [5.74, 6) is 0. The van der Waals surface area contributed by atoms with E-state index in [4.69, 9.17) is 4.74 Å². The second kappa shape index (κ2) is 7.38. The molecule has 0 amide bonds. The molecule has 2 aliphatic heterocycles. The molecule has 0 spiro atoms. The van der Waals surface area contributed by atoms with Crippen molar-refractivity contribution in [2.24, 2.45) is 0 Å². The number of allylic oxidation sites excluding steroid dienone is 1. The van der Waals surface area contributed by atoms with Crippen molar-refractivity contribution < 1.29 is 13.2 Å². The van der Waals surface area contributed by atoms with Crippen LogP contribution < -0.4 is 4.72 Å². The second-order valence-electron chi connectivity index (χ2n) is 6.94. The van der Waals surface area contributed by atoms with E-state index < -0.39 is 10.0 Å². The molecule has 2 aliphatic rings. The van der Waals surface area contributed by atoms with Gasteiger partial charge in [-0.3, -0.25) is 0 Å². The molecule has 2 bridgehead atoms. The van der Waals surface area contributed by atoms with E-state index in [1.807, 2.05) is 6.07 Å². The minimum Gasteiger partial charge on any atom is -0.370 e. The number of fused-ring (bicyclic) bond motifs is 2. The van der Waals surface area contributed by atoms with Crippen molar-refractivity contribution in [2.45, 2.75) is 74.5 Å². The molecule has 0 aliphatic carbocycles. The highest BCUT2D eigenvalue weighted by Crippen LogP contribution is 2.46. The Kier molecular flexibility index (Phi) is 5.42. The quantitative estimate of drug-likeness (QED) is 0.574. The lowest BCUT2D eigenvalue weighted by Crippen LogP contribution is -2.42. The molecule has 1 aromatic rings. The van der Waals surface area contributed by atoms with Crippen molar-refractivity contribution in [3.8, 4) is 0 Å². The lowest BCUT2D eigenvalue weighted by Gasteiger charge is -2.26. The number of rotatable bonds is 8. The Morgan fingerprint density at radius 2 is 2.08 bits per heavy atom. The topological polar surface area (TPSA) is 55.4 Å². The van der Waals surface area contributed by atoms with Crippen molar-refractivity contribution in [2.75, 3.05) is 0 Å². The fraction of sp³-hybridized carbons (Fsp3) is 0.579. The summed E-state index contributed by atoms with van der Waals surface area (Å²) in [4.78, 5) is 0.321. The van der Waals surface area contributed by atoms with Crippen LogP contribution in [-0.2, 0) is 14.8 Å². The van der Waals surface area contributed by atoms with Crippen LogP contribution in [-0.4, -0.2) is 26.2 Å². The predicted molar refractivity (Wildman–Crippen MR) is 95.3 cm³/mol. The van der Waals surface area contributed by atoms with E-state index >= 15 is 0 Å². The van der Waals surface area contributed by atoms with Gasteiger partial charge in [-0.2, -0.15) is 0 Å². The molecule has 132 valence electrons. The number of benzene rings is 1. The highest BCUT2D eigenvalue weighted by atomic mass is 32.2. The van der Waals surface area contributed by atoms with E-state index in [0.29, 0.717) is 4.90 Å². The zero-order valence-electron chi connectivity index (χ0n) is 14.3. The molecule has 5 heteroatoms. The third-order valence-corrected chi connectivity index (χ3v) is 6.57. The highest BCUT2D eigenvalue weighted by molar-refractivity contribution is 7.89. The van der Waals surface area contributed by atoms with Gasteiger partial charge in [-0.25, -0.2) is 13.1 Å². The largest absolute Gasteiger partial charge is 0.370 e. The average Bonchev–Trinajstić information content (AvgIpc) is 3.13. The SMILES string of the molecule is CCCCC=CCC12CCC(O1)C(NS(=O)(=O)c1ccccc1)C2. The standard InChI is InChI=1S/C19H27NO3S/c1-2-3-4-5-9-13-19-14-12-18(23-19)17(15-19)20-24(21,22)16-10-7-6-8-11-16/h5-11,17-18,20H,2-4,12-15H2,1H3. The maximum Gasteiger partial charge on any atom is 0.240 e. The molecular formula is C19H27NO3S. The molecule has 2 heterocycles. The number of sulfonamides is 1. The fourth-order valence-electron chi connectivity index (χ4n) is 3.77. The molecule has 1 aromatic carbocycles. The maximum absolute atomic E-state index is 12.5. The van der Waals surface area contributed by atoms with Gasteiger partial charge in [-0.05, 0) is 44.2 Å². The Morgan fingerprint density at radius 1 is 1.29 bits per heavy atom. The van der Waals surface area contributed by atoms with Crippen molar-refractivity contribution in [3.05, 3.63) is 42.5 Å². The second-order valence-corrected chi connectivity index (χ2v) is 8.65. The molecule has 3 rings (SSSR count). The van der Waals surface area contributed by atoms with Gasteiger partial charge in [0.1, 0.15) is 0 Å². The number of hydrogen-bond donors (Lipinski definition) is 1. The Bertz CT molecular complexity index is 671. The first-order valence-corrected chi connectivity index (χ1v) is 10.4. The molecule has 3 unspecified atom stereocenters. The zero-order valence-corrected chi connectivity index (χ0v) is 15.1. The third kappa shape index (κ3) is 3.90. The minimum atomic E-state index is -3.47. The van der Waals surface area contributed by atoms with Gasteiger partial charge in [0, 0.05) is 0 Å². The van der Waals surface area contributed by atoms with Crippen LogP contribution in [0.5, 0.6) is 0 Å². The maximum atomic E-state index is 12.5. The summed E-state index contributed by atoms with van der Waals surface area (Å²) in [6.07, 6.45) is 11.6. The van der Waals surface area contributed by atoms with Gasteiger partial charge < -0.3 is 4.74 Å². The van der Waals surface area contributed by atoms with Crippen LogP contribution in [0, 0.1) is 0 Å². The smallest absolute Gasteiger partial charge is 0.240 e. The number of unbranched alkanes of at least 4 members (excludes halogenated alkanes) is 2. The van der Waals surface area contributed by atoms with E-state index in [2.05, 4.69) is 23.8 Å². The van der Waals surface area contributed by atoms with Crippen LogP contribution in [0.1, 0.15) is 51.9 Å². The molecule has 1 N–H and O–H groups in total. The number of hydrogen-bond acceptors (Lipinski definition) is 3. The van der Waals surface area contributed by atoms with E-state index in [0.717, 1.165) is 32.1 Å².